The molecule has 0 fully saturated rings. The normalized spacial score (nSPS) is 10.8. The minimum absolute atomic E-state index is 0.0705. The van der Waals surface area contributed by atoms with Crippen molar-refractivity contribution in [2.75, 3.05) is 31.6 Å². The highest BCUT2D eigenvalue weighted by atomic mass is 16.3. The Hall–Kier alpha value is -2.56. The van der Waals surface area contributed by atoms with Gasteiger partial charge in [0.25, 0.3) is 5.91 Å². The molecular formula is C14H17N3O4. The molecule has 0 spiro atoms. The van der Waals surface area contributed by atoms with E-state index in [1.165, 1.54) is 35.4 Å². The molecule has 21 heavy (non-hydrogen) atoms. The molecule has 0 atom stereocenters. The van der Waals surface area contributed by atoms with Gasteiger partial charge in [-0.15, -0.1) is 0 Å². The van der Waals surface area contributed by atoms with E-state index < -0.39 is 5.91 Å². The Balaban J connectivity index is 2.80. The van der Waals surface area contributed by atoms with Crippen LogP contribution in [-0.4, -0.2) is 52.4 Å². The molecule has 0 aromatic heterocycles. The van der Waals surface area contributed by atoms with Crippen LogP contribution < -0.4 is 5.32 Å². The van der Waals surface area contributed by atoms with Crippen LogP contribution in [0, 0.1) is 11.3 Å². The first kappa shape index (κ1) is 16.5. The minimum atomic E-state index is -0.607. The largest absolute Gasteiger partial charge is 0.508 e. The van der Waals surface area contributed by atoms with Gasteiger partial charge in [-0.3, -0.25) is 4.79 Å². The number of aliphatic hydroxyl groups excluding tert-OH is 2. The van der Waals surface area contributed by atoms with Crippen molar-refractivity contribution in [3.63, 3.8) is 0 Å². The third-order valence-electron chi connectivity index (χ3n) is 2.58. The van der Waals surface area contributed by atoms with Crippen molar-refractivity contribution in [2.24, 2.45) is 0 Å². The van der Waals surface area contributed by atoms with Gasteiger partial charge in [-0.1, -0.05) is 0 Å². The Morgan fingerprint density at radius 2 is 1.81 bits per heavy atom. The number of rotatable bonds is 7. The first-order chi connectivity index (χ1) is 10.1. The van der Waals surface area contributed by atoms with E-state index >= 15 is 0 Å². The highest BCUT2D eigenvalue weighted by molar-refractivity contribution is 6.06. The molecule has 0 aliphatic heterocycles. The molecule has 0 bridgehead atoms. The summed E-state index contributed by atoms with van der Waals surface area (Å²) in [7, 11) is 0. The fraction of sp³-hybridized carbons (Fsp3) is 0.286. The Labute approximate surface area is 122 Å². The first-order valence-corrected chi connectivity index (χ1v) is 6.28. The summed E-state index contributed by atoms with van der Waals surface area (Å²) < 4.78 is 0. The van der Waals surface area contributed by atoms with Crippen molar-refractivity contribution < 1.29 is 20.1 Å². The number of carbonyl (C=O) groups excluding carboxylic acids is 1. The summed E-state index contributed by atoms with van der Waals surface area (Å²) >= 11 is 0. The van der Waals surface area contributed by atoms with Gasteiger partial charge in [0.15, 0.2) is 0 Å². The van der Waals surface area contributed by atoms with Crippen molar-refractivity contribution in [1.29, 1.82) is 5.26 Å². The van der Waals surface area contributed by atoms with Crippen molar-refractivity contribution in [2.45, 2.75) is 0 Å². The van der Waals surface area contributed by atoms with E-state index in [2.05, 4.69) is 5.32 Å². The molecule has 0 saturated carbocycles. The Morgan fingerprint density at radius 3 is 2.29 bits per heavy atom. The second-order valence-electron chi connectivity index (χ2n) is 4.14. The van der Waals surface area contributed by atoms with Crippen LogP contribution in [0.5, 0.6) is 5.75 Å². The van der Waals surface area contributed by atoms with Gasteiger partial charge in [-0.25, -0.2) is 0 Å². The van der Waals surface area contributed by atoms with E-state index in [4.69, 9.17) is 20.6 Å². The maximum atomic E-state index is 12.0. The van der Waals surface area contributed by atoms with Crippen LogP contribution in [0.25, 0.3) is 0 Å². The van der Waals surface area contributed by atoms with E-state index in [1.807, 2.05) is 0 Å². The van der Waals surface area contributed by atoms with Gasteiger partial charge >= 0.3 is 0 Å². The molecular weight excluding hydrogens is 274 g/mol. The van der Waals surface area contributed by atoms with Gasteiger partial charge in [-0.2, -0.15) is 5.26 Å². The van der Waals surface area contributed by atoms with E-state index in [1.54, 1.807) is 6.07 Å². The number of hydrogen-bond donors (Lipinski definition) is 4. The van der Waals surface area contributed by atoms with Crippen molar-refractivity contribution in [1.82, 2.24) is 4.90 Å². The smallest absolute Gasteiger partial charge is 0.267 e. The maximum absolute atomic E-state index is 12.0. The third-order valence-corrected chi connectivity index (χ3v) is 2.58. The summed E-state index contributed by atoms with van der Waals surface area (Å²) in [5.74, 6) is -0.537. The van der Waals surface area contributed by atoms with Gasteiger partial charge < -0.3 is 25.5 Å². The number of phenols is 1. The van der Waals surface area contributed by atoms with Crippen molar-refractivity contribution >= 4 is 11.6 Å². The highest BCUT2D eigenvalue weighted by Crippen LogP contribution is 2.14. The summed E-state index contributed by atoms with van der Waals surface area (Å²) in [6.45, 7) is 0.0973. The molecule has 0 aliphatic carbocycles. The molecule has 1 aromatic rings. The molecule has 1 aromatic carbocycles. The molecule has 7 heteroatoms. The average molecular weight is 291 g/mol. The standard InChI is InChI=1S/C14H17N3O4/c15-9-11(10-17(5-7-18)6-8-19)14(21)16-12-1-3-13(20)4-2-12/h1-4,10,18-20H,5-8H2,(H,16,21)/b11-10-. The lowest BCUT2D eigenvalue weighted by atomic mass is 10.2. The van der Waals surface area contributed by atoms with Gasteiger partial charge in [-0.05, 0) is 24.3 Å². The number of amides is 1. The zero-order valence-electron chi connectivity index (χ0n) is 11.4. The number of anilines is 1. The summed E-state index contributed by atoms with van der Waals surface area (Å²) in [6, 6.07) is 7.60. The first-order valence-electron chi connectivity index (χ1n) is 6.28. The maximum Gasteiger partial charge on any atom is 0.267 e. The fourth-order valence-electron chi connectivity index (χ4n) is 1.56. The Bertz CT molecular complexity index is 528. The van der Waals surface area contributed by atoms with Gasteiger partial charge in [0.2, 0.25) is 0 Å². The molecule has 0 saturated heterocycles. The second kappa shape index (κ2) is 8.58. The molecule has 0 heterocycles. The molecule has 0 radical (unpaired) electrons. The van der Waals surface area contributed by atoms with E-state index in [0.717, 1.165) is 0 Å². The average Bonchev–Trinajstić information content (AvgIpc) is 2.47. The van der Waals surface area contributed by atoms with Gasteiger partial charge in [0, 0.05) is 25.0 Å². The summed E-state index contributed by atoms with van der Waals surface area (Å²) in [6.07, 6.45) is 1.29. The summed E-state index contributed by atoms with van der Waals surface area (Å²) in [4.78, 5) is 13.4. The zero-order valence-corrected chi connectivity index (χ0v) is 11.4. The summed E-state index contributed by atoms with van der Waals surface area (Å²) in [5, 5.41) is 38.5. The number of carbonyl (C=O) groups is 1. The van der Waals surface area contributed by atoms with Crippen LogP contribution in [0.3, 0.4) is 0 Å². The molecule has 4 N–H and O–H groups in total. The Morgan fingerprint density at radius 1 is 1.24 bits per heavy atom. The SMILES string of the molecule is N#C/C(=C/N(CCO)CCO)C(=O)Nc1ccc(O)cc1. The number of aromatic hydroxyl groups is 1. The van der Waals surface area contributed by atoms with Crippen LogP contribution in [-0.2, 0) is 4.79 Å². The van der Waals surface area contributed by atoms with Crippen molar-refractivity contribution in [3.8, 4) is 11.8 Å². The van der Waals surface area contributed by atoms with Crippen LogP contribution in [0.4, 0.5) is 5.69 Å². The van der Waals surface area contributed by atoms with Crippen LogP contribution >= 0.6 is 0 Å². The lowest BCUT2D eigenvalue weighted by Crippen LogP contribution is -2.26. The molecule has 1 amide bonds. The predicted molar refractivity (Wildman–Crippen MR) is 76.2 cm³/mol. The zero-order chi connectivity index (χ0) is 15.7. The topological polar surface area (TPSA) is 117 Å². The van der Waals surface area contributed by atoms with Gasteiger partial charge in [0.1, 0.15) is 17.4 Å². The third kappa shape index (κ3) is 5.52. The monoisotopic (exact) mass is 291 g/mol. The minimum Gasteiger partial charge on any atom is -0.508 e. The molecule has 0 unspecified atom stereocenters. The lowest BCUT2D eigenvalue weighted by molar-refractivity contribution is -0.112. The highest BCUT2D eigenvalue weighted by Gasteiger charge is 2.11. The van der Waals surface area contributed by atoms with Crippen molar-refractivity contribution in [3.05, 3.63) is 36.0 Å². The summed E-state index contributed by atoms with van der Waals surface area (Å²) in [5.41, 5.74) is 0.291. The second-order valence-corrected chi connectivity index (χ2v) is 4.14. The van der Waals surface area contributed by atoms with Gasteiger partial charge in [0.05, 0.1) is 13.2 Å². The number of phenolic OH excluding ortho intramolecular Hbond substituents is 1. The number of nitrogens with zero attached hydrogens (tertiary/aromatic N) is 2. The van der Waals surface area contributed by atoms with E-state index in [9.17, 15) is 4.79 Å². The Kier molecular flexibility index (Phi) is 6.74. The molecule has 7 nitrogen and oxygen atoms in total. The van der Waals surface area contributed by atoms with E-state index in [-0.39, 0.29) is 37.6 Å². The predicted octanol–water partition coefficient (Wildman–Crippen LogP) is 0.0248. The van der Waals surface area contributed by atoms with Crippen LogP contribution in [0.1, 0.15) is 0 Å². The van der Waals surface area contributed by atoms with E-state index in [0.29, 0.717) is 5.69 Å². The van der Waals surface area contributed by atoms with Crippen LogP contribution in [0.15, 0.2) is 36.0 Å². The lowest BCUT2D eigenvalue weighted by Gasteiger charge is -2.18. The number of benzene rings is 1. The molecule has 112 valence electrons. The molecule has 1 rings (SSSR count). The number of nitriles is 1. The fourth-order valence-corrected chi connectivity index (χ4v) is 1.56. The number of aliphatic hydroxyl groups is 2. The molecule has 0 aliphatic rings. The number of nitrogens with one attached hydrogen (secondary N) is 1. The number of hydrogen-bond acceptors (Lipinski definition) is 6. The quantitative estimate of drug-likeness (QED) is 0.320. The van der Waals surface area contributed by atoms with Crippen LogP contribution in [0.2, 0.25) is 0 Å².